The lowest BCUT2D eigenvalue weighted by atomic mass is 10.1. The fourth-order valence-electron chi connectivity index (χ4n) is 1.98. The van der Waals surface area contributed by atoms with E-state index in [2.05, 4.69) is 26.2 Å². The number of hydrogen-bond donors (Lipinski definition) is 1. The molecule has 3 aromatic rings. The predicted octanol–water partition coefficient (Wildman–Crippen LogP) is 4.62. The molecular weight excluding hydrogens is 336 g/mol. The first-order chi connectivity index (χ1) is 9.65. The minimum atomic E-state index is -0.0971. The molecular formula is C15H11BrN2OS. The molecule has 0 aliphatic heterocycles. The number of hydrogen-bond acceptors (Lipinski definition) is 3. The van der Waals surface area contributed by atoms with Crippen LogP contribution in [0.15, 0.2) is 46.5 Å². The van der Waals surface area contributed by atoms with E-state index in [1.807, 2.05) is 37.3 Å². The van der Waals surface area contributed by atoms with Crippen LogP contribution in [-0.4, -0.2) is 10.9 Å². The number of fused-ring (bicyclic) bond motifs is 1. The second-order valence-corrected chi connectivity index (χ2v) is 6.79. The van der Waals surface area contributed by atoms with Gasteiger partial charge in [0.1, 0.15) is 0 Å². The molecule has 1 amide bonds. The van der Waals surface area contributed by atoms with Crippen LogP contribution < -0.4 is 5.32 Å². The molecule has 0 saturated heterocycles. The summed E-state index contributed by atoms with van der Waals surface area (Å²) in [5.74, 6) is -0.0971. The zero-order chi connectivity index (χ0) is 14.1. The van der Waals surface area contributed by atoms with Gasteiger partial charge in [-0.25, -0.2) is 0 Å². The molecule has 0 fully saturated rings. The van der Waals surface area contributed by atoms with E-state index in [1.54, 1.807) is 12.4 Å². The lowest BCUT2D eigenvalue weighted by Gasteiger charge is -2.07. The third kappa shape index (κ3) is 2.46. The highest BCUT2D eigenvalue weighted by atomic mass is 79.9. The summed E-state index contributed by atoms with van der Waals surface area (Å²) in [5.41, 5.74) is 1.85. The van der Waals surface area contributed by atoms with Crippen molar-refractivity contribution in [2.24, 2.45) is 0 Å². The van der Waals surface area contributed by atoms with Crippen molar-refractivity contribution in [3.8, 4) is 0 Å². The number of nitrogens with one attached hydrogen (secondary N) is 1. The third-order valence-electron chi connectivity index (χ3n) is 3.01. The normalized spacial score (nSPS) is 10.7. The van der Waals surface area contributed by atoms with Gasteiger partial charge in [-0.05, 0) is 52.0 Å². The number of aryl methyl sites for hydroxylation is 1. The van der Waals surface area contributed by atoms with Gasteiger partial charge in [-0.1, -0.05) is 12.1 Å². The molecule has 100 valence electrons. The van der Waals surface area contributed by atoms with Crippen LogP contribution in [0.3, 0.4) is 0 Å². The molecule has 0 atom stereocenters. The molecule has 2 heterocycles. The number of anilines is 1. The zero-order valence-electron chi connectivity index (χ0n) is 10.7. The summed E-state index contributed by atoms with van der Waals surface area (Å²) in [6.07, 6.45) is 3.51. The van der Waals surface area contributed by atoms with Crippen LogP contribution >= 0.6 is 27.3 Å². The van der Waals surface area contributed by atoms with Crippen LogP contribution in [0, 0.1) is 6.92 Å². The van der Waals surface area contributed by atoms with Crippen molar-refractivity contribution in [1.82, 2.24) is 4.98 Å². The average Bonchev–Trinajstić information content (AvgIpc) is 2.79. The van der Waals surface area contributed by atoms with Gasteiger partial charge >= 0.3 is 0 Å². The quantitative estimate of drug-likeness (QED) is 0.735. The molecule has 3 nitrogen and oxygen atoms in total. The van der Waals surface area contributed by atoms with Crippen molar-refractivity contribution in [3.05, 3.63) is 57.0 Å². The fourth-order valence-corrected chi connectivity index (χ4v) is 3.41. The molecule has 0 aliphatic carbocycles. The molecule has 5 heteroatoms. The van der Waals surface area contributed by atoms with Gasteiger partial charge in [0, 0.05) is 17.8 Å². The molecule has 0 spiro atoms. The Labute approximate surface area is 128 Å². The largest absolute Gasteiger partial charge is 0.321 e. The molecule has 0 aliphatic rings. The number of pyridine rings is 1. The molecule has 0 unspecified atom stereocenters. The maximum Gasteiger partial charge on any atom is 0.265 e. The highest BCUT2D eigenvalue weighted by molar-refractivity contribution is 9.11. The molecule has 0 bridgehead atoms. The monoisotopic (exact) mass is 346 g/mol. The van der Waals surface area contributed by atoms with Crippen LogP contribution in [0.1, 0.15) is 15.2 Å². The molecule has 3 rings (SSSR count). The first kappa shape index (κ1) is 13.3. The number of nitrogens with zero attached hydrogens (tertiary/aromatic N) is 1. The number of amides is 1. The topological polar surface area (TPSA) is 42.0 Å². The van der Waals surface area contributed by atoms with Crippen molar-refractivity contribution in [1.29, 1.82) is 0 Å². The van der Waals surface area contributed by atoms with Crippen LogP contribution in [0.5, 0.6) is 0 Å². The molecule has 2 aromatic heterocycles. The Balaban J connectivity index is 1.95. The summed E-state index contributed by atoms with van der Waals surface area (Å²) in [7, 11) is 0. The van der Waals surface area contributed by atoms with E-state index in [1.165, 1.54) is 11.3 Å². The Morgan fingerprint density at radius 1 is 1.35 bits per heavy atom. The van der Waals surface area contributed by atoms with Gasteiger partial charge in [-0.2, -0.15) is 0 Å². The Kier molecular flexibility index (Phi) is 3.54. The van der Waals surface area contributed by atoms with Crippen molar-refractivity contribution < 1.29 is 4.79 Å². The maximum atomic E-state index is 12.3. The van der Waals surface area contributed by atoms with Gasteiger partial charge in [0.25, 0.3) is 5.91 Å². The van der Waals surface area contributed by atoms with E-state index in [4.69, 9.17) is 0 Å². The number of thiophene rings is 1. The van der Waals surface area contributed by atoms with Crippen molar-refractivity contribution in [2.75, 3.05) is 5.32 Å². The van der Waals surface area contributed by atoms with Crippen molar-refractivity contribution in [2.45, 2.75) is 6.92 Å². The fraction of sp³-hybridized carbons (Fsp3) is 0.0667. The van der Waals surface area contributed by atoms with Crippen LogP contribution in [0.25, 0.3) is 10.8 Å². The molecule has 1 aromatic carbocycles. The lowest BCUT2D eigenvalue weighted by Crippen LogP contribution is -2.10. The first-order valence-electron chi connectivity index (χ1n) is 6.05. The molecule has 0 radical (unpaired) electrons. The first-order valence-corrected chi connectivity index (χ1v) is 7.66. The summed E-state index contributed by atoms with van der Waals surface area (Å²) in [5, 5.41) is 4.95. The van der Waals surface area contributed by atoms with E-state index in [-0.39, 0.29) is 5.91 Å². The SMILES string of the molecule is Cc1cc(C(=O)Nc2cccc3ccncc23)sc1Br. The Morgan fingerprint density at radius 3 is 2.95 bits per heavy atom. The van der Waals surface area contributed by atoms with E-state index in [0.29, 0.717) is 4.88 Å². The number of carbonyl (C=O) groups is 1. The van der Waals surface area contributed by atoms with Gasteiger partial charge in [-0.3, -0.25) is 9.78 Å². The smallest absolute Gasteiger partial charge is 0.265 e. The summed E-state index contributed by atoms with van der Waals surface area (Å²) >= 11 is 4.87. The standard InChI is InChI=1S/C15H11BrN2OS/c1-9-7-13(20-14(9)16)15(19)18-12-4-2-3-10-5-6-17-8-11(10)12/h2-8H,1H3,(H,18,19). The molecule has 0 saturated carbocycles. The van der Waals surface area contributed by atoms with Crippen molar-refractivity contribution in [3.63, 3.8) is 0 Å². The predicted molar refractivity (Wildman–Crippen MR) is 86.5 cm³/mol. The number of rotatable bonds is 2. The second kappa shape index (κ2) is 5.34. The van der Waals surface area contributed by atoms with E-state index < -0.39 is 0 Å². The summed E-state index contributed by atoms with van der Waals surface area (Å²) < 4.78 is 0.988. The minimum Gasteiger partial charge on any atom is -0.321 e. The van der Waals surface area contributed by atoms with E-state index in [9.17, 15) is 4.79 Å². The van der Waals surface area contributed by atoms with Gasteiger partial charge < -0.3 is 5.32 Å². The van der Waals surface area contributed by atoms with E-state index >= 15 is 0 Å². The number of carbonyl (C=O) groups excluding carboxylic acids is 1. The van der Waals surface area contributed by atoms with Gasteiger partial charge in [-0.15, -0.1) is 11.3 Å². The molecule has 20 heavy (non-hydrogen) atoms. The summed E-state index contributed by atoms with van der Waals surface area (Å²) in [6, 6.07) is 9.62. The maximum absolute atomic E-state index is 12.3. The number of benzene rings is 1. The second-order valence-electron chi connectivity index (χ2n) is 4.42. The number of halogens is 1. The lowest BCUT2D eigenvalue weighted by molar-refractivity contribution is 0.103. The third-order valence-corrected chi connectivity index (χ3v) is 5.15. The van der Waals surface area contributed by atoms with Crippen molar-refractivity contribution >= 4 is 49.6 Å². The summed E-state index contributed by atoms with van der Waals surface area (Å²) in [6.45, 7) is 1.97. The highest BCUT2D eigenvalue weighted by Gasteiger charge is 2.12. The van der Waals surface area contributed by atoms with Gasteiger partial charge in [0.05, 0.1) is 14.4 Å². The van der Waals surface area contributed by atoms with Crippen LogP contribution in [-0.2, 0) is 0 Å². The van der Waals surface area contributed by atoms with Gasteiger partial charge in [0.15, 0.2) is 0 Å². The number of aromatic nitrogens is 1. The average molecular weight is 347 g/mol. The molecule has 1 N–H and O–H groups in total. The van der Waals surface area contributed by atoms with Gasteiger partial charge in [0.2, 0.25) is 0 Å². The highest BCUT2D eigenvalue weighted by Crippen LogP contribution is 2.29. The van der Waals surface area contributed by atoms with E-state index in [0.717, 1.165) is 25.8 Å². The van der Waals surface area contributed by atoms with Crippen LogP contribution in [0.2, 0.25) is 0 Å². The minimum absolute atomic E-state index is 0.0971. The Bertz CT molecular complexity index is 773. The Hall–Kier alpha value is -1.72. The zero-order valence-corrected chi connectivity index (χ0v) is 13.1. The van der Waals surface area contributed by atoms with Crippen LogP contribution in [0.4, 0.5) is 5.69 Å². The Morgan fingerprint density at radius 2 is 2.20 bits per heavy atom. The summed E-state index contributed by atoms with van der Waals surface area (Å²) in [4.78, 5) is 17.1.